The van der Waals surface area contributed by atoms with Crippen LogP contribution in [0.1, 0.15) is 84.5 Å². The fraction of sp³-hybridized carbons (Fsp3) is 1.00. The minimum absolute atomic E-state index is 1.03. The molecule has 0 spiro atoms. The first-order valence-electron chi connectivity index (χ1n) is 8.31. The van der Waals surface area contributed by atoms with E-state index >= 15 is 0 Å². The molecule has 3 unspecified atom stereocenters. The normalized spacial score (nSPS) is 32.8. The molecule has 0 heterocycles. The molecule has 2 aliphatic carbocycles. The molecule has 0 bridgehead atoms. The van der Waals surface area contributed by atoms with Crippen molar-refractivity contribution in [3.8, 4) is 0 Å². The van der Waals surface area contributed by atoms with Gasteiger partial charge in [0.15, 0.2) is 0 Å². The van der Waals surface area contributed by atoms with E-state index in [0.717, 1.165) is 23.7 Å². The molecule has 0 saturated heterocycles. The first kappa shape index (κ1) is 13.4. The lowest BCUT2D eigenvalue weighted by Gasteiger charge is -2.33. The SMILES string of the molecule is CCCC(CC1CCCC1C)C1CCCCC1. The third-order valence-corrected chi connectivity index (χ3v) is 5.62. The fourth-order valence-electron chi connectivity index (χ4n) is 4.48. The van der Waals surface area contributed by atoms with E-state index in [1.54, 1.807) is 19.3 Å². The zero-order chi connectivity index (χ0) is 12.1. The second kappa shape index (κ2) is 6.81. The molecule has 2 rings (SSSR count). The van der Waals surface area contributed by atoms with Crippen molar-refractivity contribution in [1.82, 2.24) is 0 Å². The summed E-state index contributed by atoms with van der Waals surface area (Å²) in [4.78, 5) is 0. The van der Waals surface area contributed by atoms with Gasteiger partial charge in [-0.1, -0.05) is 78.1 Å². The molecule has 0 aliphatic heterocycles. The number of hydrogen-bond acceptors (Lipinski definition) is 0. The lowest BCUT2D eigenvalue weighted by atomic mass is 9.73. The van der Waals surface area contributed by atoms with E-state index in [1.165, 1.54) is 51.4 Å². The summed E-state index contributed by atoms with van der Waals surface area (Å²) in [6, 6.07) is 0. The third kappa shape index (κ3) is 3.73. The molecule has 0 nitrogen and oxygen atoms in total. The smallest absolute Gasteiger partial charge is 0.0383 e. The first-order chi connectivity index (χ1) is 8.31. The maximum absolute atomic E-state index is 2.50. The summed E-state index contributed by atoms with van der Waals surface area (Å²) in [6.45, 7) is 4.88. The average Bonchev–Trinajstić information content (AvgIpc) is 2.76. The van der Waals surface area contributed by atoms with Crippen LogP contribution in [0.3, 0.4) is 0 Å². The van der Waals surface area contributed by atoms with Crippen LogP contribution in [0.25, 0.3) is 0 Å². The Bertz CT molecular complexity index is 202. The molecule has 3 atom stereocenters. The number of rotatable bonds is 5. The Morgan fingerprint density at radius 2 is 1.71 bits per heavy atom. The monoisotopic (exact) mass is 236 g/mol. The van der Waals surface area contributed by atoms with Gasteiger partial charge in [-0.05, 0) is 30.1 Å². The second-order valence-electron chi connectivity index (χ2n) is 6.85. The molecule has 2 saturated carbocycles. The van der Waals surface area contributed by atoms with Gasteiger partial charge in [-0.2, -0.15) is 0 Å². The molecule has 0 aromatic heterocycles. The molecule has 100 valence electrons. The van der Waals surface area contributed by atoms with Crippen LogP contribution in [0.15, 0.2) is 0 Å². The zero-order valence-corrected chi connectivity index (χ0v) is 12.1. The molecule has 0 heteroatoms. The molecule has 2 fully saturated rings. The van der Waals surface area contributed by atoms with Crippen LogP contribution in [0.2, 0.25) is 0 Å². The number of hydrogen-bond donors (Lipinski definition) is 0. The Labute approximate surface area is 109 Å². The van der Waals surface area contributed by atoms with Crippen molar-refractivity contribution in [3.63, 3.8) is 0 Å². The highest BCUT2D eigenvalue weighted by Crippen LogP contribution is 2.41. The molecule has 0 N–H and O–H groups in total. The van der Waals surface area contributed by atoms with Crippen molar-refractivity contribution in [2.75, 3.05) is 0 Å². The van der Waals surface area contributed by atoms with Crippen LogP contribution < -0.4 is 0 Å². The van der Waals surface area contributed by atoms with Gasteiger partial charge in [-0.15, -0.1) is 0 Å². The standard InChI is InChI=1S/C17H32/c1-3-8-17(15-10-5-4-6-11-15)13-16-12-7-9-14(16)2/h14-17H,3-13H2,1-2H3. The minimum Gasteiger partial charge on any atom is -0.0654 e. The third-order valence-electron chi connectivity index (χ3n) is 5.62. The van der Waals surface area contributed by atoms with Crippen molar-refractivity contribution >= 4 is 0 Å². The molecule has 0 radical (unpaired) electrons. The first-order valence-corrected chi connectivity index (χ1v) is 8.31. The van der Waals surface area contributed by atoms with Gasteiger partial charge in [0.1, 0.15) is 0 Å². The van der Waals surface area contributed by atoms with Crippen molar-refractivity contribution < 1.29 is 0 Å². The largest absolute Gasteiger partial charge is 0.0654 e. The van der Waals surface area contributed by atoms with E-state index in [0.29, 0.717) is 0 Å². The van der Waals surface area contributed by atoms with Gasteiger partial charge < -0.3 is 0 Å². The molecule has 0 amide bonds. The van der Waals surface area contributed by atoms with E-state index in [-0.39, 0.29) is 0 Å². The molecular weight excluding hydrogens is 204 g/mol. The highest BCUT2D eigenvalue weighted by atomic mass is 14.4. The van der Waals surface area contributed by atoms with Crippen LogP contribution in [-0.2, 0) is 0 Å². The Morgan fingerprint density at radius 3 is 2.29 bits per heavy atom. The summed E-state index contributed by atoms with van der Waals surface area (Å²) >= 11 is 0. The summed E-state index contributed by atoms with van der Waals surface area (Å²) in [6.07, 6.45) is 16.7. The summed E-state index contributed by atoms with van der Waals surface area (Å²) in [7, 11) is 0. The zero-order valence-electron chi connectivity index (χ0n) is 12.1. The predicted molar refractivity (Wildman–Crippen MR) is 76.1 cm³/mol. The van der Waals surface area contributed by atoms with Crippen molar-refractivity contribution in [2.45, 2.75) is 84.5 Å². The van der Waals surface area contributed by atoms with E-state index in [2.05, 4.69) is 13.8 Å². The van der Waals surface area contributed by atoms with Gasteiger partial charge in [0.25, 0.3) is 0 Å². The summed E-state index contributed by atoms with van der Waals surface area (Å²) in [5.41, 5.74) is 0. The van der Waals surface area contributed by atoms with Crippen LogP contribution in [0, 0.1) is 23.7 Å². The maximum Gasteiger partial charge on any atom is -0.0383 e. The van der Waals surface area contributed by atoms with Gasteiger partial charge >= 0.3 is 0 Å². The topological polar surface area (TPSA) is 0 Å². The summed E-state index contributed by atoms with van der Waals surface area (Å²) in [5, 5.41) is 0. The molecule has 17 heavy (non-hydrogen) atoms. The van der Waals surface area contributed by atoms with E-state index < -0.39 is 0 Å². The summed E-state index contributed by atoms with van der Waals surface area (Å²) < 4.78 is 0. The minimum atomic E-state index is 1.03. The Balaban J connectivity index is 1.86. The van der Waals surface area contributed by atoms with Crippen molar-refractivity contribution in [1.29, 1.82) is 0 Å². The van der Waals surface area contributed by atoms with E-state index in [9.17, 15) is 0 Å². The molecule has 2 aliphatic rings. The molecule has 0 aromatic carbocycles. The Hall–Kier alpha value is 0. The highest BCUT2D eigenvalue weighted by molar-refractivity contribution is 4.81. The maximum atomic E-state index is 2.50. The van der Waals surface area contributed by atoms with E-state index in [4.69, 9.17) is 0 Å². The van der Waals surface area contributed by atoms with Crippen LogP contribution in [0.5, 0.6) is 0 Å². The summed E-state index contributed by atoms with van der Waals surface area (Å²) in [5.74, 6) is 4.27. The Kier molecular flexibility index (Phi) is 5.38. The van der Waals surface area contributed by atoms with E-state index in [1.807, 2.05) is 0 Å². The van der Waals surface area contributed by atoms with Gasteiger partial charge in [0.2, 0.25) is 0 Å². The van der Waals surface area contributed by atoms with Crippen molar-refractivity contribution in [3.05, 3.63) is 0 Å². The predicted octanol–water partition coefficient (Wildman–Crippen LogP) is 5.81. The lowest BCUT2D eigenvalue weighted by molar-refractivity contribution is 0.185. The average molecular weight is 236 g/mol. The highest BCUT2D eigenvalue weighted by Gasteiger charge is 2.30. The quantitative estimate of drug-likeness (QED) is 0.565. The molecule has 0 aromatic rings. The molecular formula is C17H32. The van der Waals surface area contributed by atoms with Crippen LogP contribution in [-0.4, -0.2) is 0 Å². The van der Waals surface area contributed by atoms with Gasteiger partial charge in [-0.25, -0.2) is 0 Å². The van der Waals surface area contributed by atoms with Crippen molar-refractivity contribution in [2.24, 2.45) is 23.7 Å². The Morgan fingerprint density at radius 1 is 0.941 bits per heavy atom. The van der Waals surface area contributed by atoms with Gasteiger partial charge in [0, 0.05) is 0 Å². The van der Waals surface area contributed by atoms with Gasteiger partial charge in [0.05, 0.1) is 0 Å². The van der Waals surface area contributed by atoms with Crippen LogP contribution in [0.4, 0.5) is 0 Å². The lowest BCUT2D eigenvalue weighted by Crippen LogP contribution is -2.21. The second-order valence-corrected chi connectivity index (χ2v) is 6.85. The van der Waals surface area contributed by atoms with Gasteiger partial charge in [-0.3, -0.25) is 0 Å². The van der Waals surface area contributed by atoms with Crippen LogP contribution >= 0.6 is 0 Å². The fourth-order valence-corrected chi connectivity index (χ4v) is 4.48.